The van der Waals surface area contributed by atoms with Gasteiger partial charge in [-0.1, -0.05) is 6.07 Å². The number of hydrogen-bond donors (Lipinski definition) is 3. The number of benzene rings is 1. The van der Waals surface area contributed by atoms with E-state index in [9.17, 15) is 14.4 Å². The van der Waals surface area contributed by atoms with Crippen molar-refractivity contribution in [1.82, 2.24) is 15.3 Å². The fourth-order valence-electron chi connectivity index (χ4n) is 2.78. The maximum absolute atomic E-state index is 12.2. The van der Waals surface area contributed by atoms with E-state index in [1.807, 2.05) is 18.2 Å². The van der Waals surface area contributed by atoms with Gasteiger partial charge in [-0.3, -0.25) is 19.7 Å². The summed E-state index contributed by atoms with van der Waals surface area (Å²) in [5.41, 5.74) is 1.60. The number of thiazole rings is 1. The third kappa shape index (κ3) is 6.16. The Kier molecular flexibility index (Phi) is 7.39. The van der Waals surface area contributed by atoms with Crippen molar-refractivity contribution in [3.8, 4) is 11.5 Å². The molecule has 0 aliphatic heterocycles. The Morgan fingerprint density at radius 2 is 1.94 bits per heavy atom. The summed E-state index contributed by atoms with van der Waals surface area (Å²) in [6, 6.07) is 8.32. The van der Waals surface area contributed by atoms with Gasteiger partial charge in [-0.2, -0.15) is 0 Å². The lowest BCUT2D eigenvalue weighted by molar-refractivity contribution is -0.120. The Bertz CT molecular complexity index is 1100. The van der Waals surface area contributed by atoms with E-state index in [4.69, 9.17) is 9.47 Å². The summed E-state index contributed by atoms with van der Waals surface area (Å²) >= 11 is 1.23. The van der Waals surface area contributed by atoms with Crippen LogP contribution in [0.3, 0.4) is 0 Å². The Morgan fingerprint density at radius 1 is 1.13 bits per heavy atom. The zero-order chi connectivity index (χ0) is 22.2. The van der Waals surface area contributed by atoms with Crippen molar-refractivity contribution in [2.75, 3.05) is 26.1 Å². The largest absolute Gasteiger partial charge is 0.493 e. The summed E-state index contributed by atoms with van der Waals surface area (Å²) in [5, 5.41) is 7.61. The van der Waals surface area contributed by atoms with E-state index >= 15 is 0 Å². The second-order valence-electron chi connectivity index (χ2n) is 6.51. The molecule has 0 saturated heterocycles. The Balaban J connectivity index is 1.47. The molecule has 10 heteroatoms. The molecule has 0 unspecified atom stereocenters. The minimum atomic E-state index is -0.392. The quantitative estimate of drug-likeness (QED) is 0.466. The fourth-order valence-corrected chi connectivity index (χ4v) is 3.48. The number of methoxy groups -OCH3 is 2. The van der Waals surface area contributed by atoms with Crippen LogP contribution in [0.2, 0.25) is 0 Å². The highest BCUT2D eigenvalue weighted by Crippen LogP contribution is 2.27. The molecule has 1 aromatic carbocycles. The van der Waals surface area contributed by atoms with Crippen molar-refractivity contribution in [2.24, 2.45) is 0 Å². The average Bonchev–Trinajstić information content (AvgIpc) is 3.20. The van der Waals surface area contributed by atoms with Gasteiger partial charge in [0.05, 0.1) is 31.9 Å². The van der Waals surface area contributed by atoms with Crippen molar-refractivity contribution in [2.45, 2.75) is 12.8 Å². The van der Waals surface area contributed by atoms with E-state index in [-0.39, 0.29) is 17.9 Å². The molecule has 0 bridgehead atoms. The minimum Gasteiger partial charge on any atom is -0.493 e. The van der Waals surface area contributed by atoms with Crippen molar-refractivity contribution in [3.05, 3.63) is 69.1 Å². The Hall–Kier alpha value is -3.66. The highest BCUT2D eigenvalue weighted by molar-refractivity contribution is 7.14. The number of carbonyl (C=O) groups is 2. The average molecular weight is 442 g/mol. The van der Waals surface area contributed by atoms with Gasteiger partial charge in [0.15, 0.2) is 16.6 Å². The second-order valence-corrected chi connectivity index (χ2v) is 7.36. The van der Waals surface area contributed by atoms with Crippen LogP contribution in [0.5, 0.6) is 11.5 Å². The smallest absolute Gasteiger partial charge is 0.258 e. The third-order valence-corrected chi connectivity index (χ3v) is 5.15. The lowest BCUT2D eigenvalue weighted by Crippen LogP contribution is -2.27. The first-order chi connectivity index (χ1) is 15.0. The van der Waals surface area contributed by atoms with Gasteiger partial charge in [0.2, 0.25) is 11.5 Å². The first kappa shape index (κ1) is 22.0. The van der Waals surface area contributed by atoms with E-state index in [0.717, 1.165) is 5.56 Å². The Morgan fingerprint density at radius 3 is 2.65 bits per heavy atom. The topological polar surface area (TPSA) is 122 Å². The molecule has 0 saturated carbocycles. The van der Waals surface area contributed by atoms with Crippen LogP contribution in [0.1, 0.15) is 21.6 Å². The molecule has 0 fully saturated rings. The van der Waals surface area contributed by atoms with Gasteiger partial charge in [-0.05, 0) is 30.2 Å². The van der Waals surface area contributed by atoms with Gasteiger partial charge in [-0.25, -0.2) is 4.98 Å². The van der Waals surface area contributed by atoms with Crippen LogP contribution in [0.4, 0.5) is 5.13 Å². The van der Waals surface area contributed by atoms with E-state index in [0.29, 0.717) is 40.9 Å². The number of ether oxygens (including phenoxy) is 2. The number of hydrogen-bond acceptors (Lipinski definition) is 7. The summed E-state index contributed by atoms with van der Waals surface area (Å²) in [6.07, 6.45) is 2.08. The molecule has 162 valence electrons. The van der Waals surface area contributed by atoms with Gasteiger partial charge in [0.1, 0.15) is 0 Å². The van der Waals surface area contributed by atoms with Crippen LogP contribution in [-0.4, -0.2) is 42.5 Å². The molecule has 2 amide bonds. The predicted octanol–water partition coefficient (Wildman–Crippen LogP) is 2.00. The van der Waals surface area contributed by atoms with E-state index < -0.39 is 5.91 Å². The standard InChI is InChI=1S/C21H22N4O5S/c1-29-16-5-3-13(9-17(16)30-2)7-8-22-19(27)10-15-12-31-21(24-15)25-20(28)14-4-6-18(26)23-11-14/h3-6,9,11-12H,7-8,10H2,1-2H3,(H,22,27)(H,23,26)(H,24,25,28). The number of aromatic amines is 1. The molecule has 0 aliphatic carbocycles. The number of H-pyrrole nitrogens is 1. The number of nitrogens with zero attached hydrogens (tertiary/aromatic N) is 1. The number of amides is 2. The lowest BCUT2D eigenvalue weighted by atomic mass is 10.1. The summed E-state index contributed by atoms with van der Waals surface area (Å²) in [6.45, 7) is 0.467. The van der Waals surface area contributed by atoms with Crippen LogP contribution in [0, 0.1) is 0 Å². The molecular formula is C21H22N4O5S. The van der Waals surface area contributed by atoms with Crippen molar-refractivity contribution >= 4 is 28.3 Å². The minimum absolute atomic E-state index is 0.108. The van der Waals surface area contributed by atoms with Gasteiger partial charge in [0.25, 0.3) is 5.91 Å². The SMILES string of the molecule is COc1ccc(CCNC(=O)Cc2csc(NC(=O)c3ccc(=O)[nH]c3)n2)cc1OC. The summed E-state index contributed by atoms with van der Waals surface area (Å²) in [7, 11) is 3.16. The lowest BCUT2D eigenvalue weighted by Gasteiger charge is -2.10. The number of rotatable bonds is 9. The second kappa shape index (κ2) is 10.4. The third-order valence-electron chi connectivity index (χ3n) is 4.34. The molecule has 2 heterocycles. The number of anilines is 1. The maximum atomic E-state index is 12.2. The summed E-state index contributed by atoms with van der Waals surface area (Å²) in [5.74, 6) is 0.744. The number of pyridine rings is 1. The number of nitrogens with one attached hydrogen (secondary N) is 3. The number of aromatic nitrogens is 2. The summed E-state index contributed by atoms with van der Waals surface area (Å²) in [4.78, 5) is 42.1. The molecule has 2 aromatic heterocycles. The molecule has 0 radical (unpaired) electrons. The molecule has 31 heavy (non-hydrogen) atoms. The zero-order valence-electron chi connectivity index (χ0n) is 17.1. The van der Waals surface area contributed by atoms with E-state index in [2.05, 4.69) is 20.6 Å². The predicted molar refractivity (Wildman–Crippen MR) is 117 cm³/mol. The number of carbonyl (C=O) groups excluding carboxylic acids is 2. The molecule has 0 spiro atoms. The van der Waals surface area contributed by atoms with Gasteiger partial charge < -0.3 is 19.8 Å². The molecular weight excluding hydrogens is 420 g/mol. The maximum Gasteiger partial charge on any atom is 0.258 e. The molecule has 3 N–H and O–H groups in total. The van der Waals surface area contributed by atoms with Crippen molar-refractivity contribution in [3.63, 3.8) is 0 Å². The van der Waals surface area contributed by atoms with Gasteiger partial charge in [0, 0.05) is 24.2 Å². The molecule has 0 aliphatic rings. The van der Waals surface area contributed by atoms with Crippen LogP contribution >= 0.6 is 11.3 Å². The van der Waals surface area contributed by atoms with Crippen LogP contribution < -0.4 is 25.7 Å². The first-order valence-corrected chi connectivity index (χ1v) is 10.3. The normalized spacial score (nSPS) is 10.4. The van der Waals surface area contributed by atoms with Crippen LogP contribution in [-0.2, 0) is 17.6 Å². The molecule has 3 rings (SSSR count). The van der Waals surface area contributed by atoms with Crippen molar-refractivity contribution in [1.29, 1.82) is 0 Å². The van der Waals surface area contributed by atoms with E-state index in [1.54, 1.807) is 19.6 Å². The fraction of sp³-hybridized carbons (Fsp3) is 0.238. The van der Waals surface area contributed by atoms with E-state index in [1.165, 1.54) is 29.7 Å². The highest BCUT2D eigenvalue weighted by Gasteiger charge is 2.12. The van der Waals surface area contributed by atoms with Gasteiger partial charge >= 0.3 is 0 Å². The van der Waals surface area contributed by atoms with Crippen LogP contribution in [0.15, 0.2) is 46.7 Å². The molecule has 0 atom stereocenters. The monoisotopic (exact) mass is 442 g/mol. The van der Waals surface area contributed by atoms with Gasteiger partial charge in [-0.15, -0.1) is 11.3 Å². The molecule has 3 aromatic rings. The Labute approximate surface area is 182 Å². The first-order valence-electron chi connectivity index (χ1n) is 9.40. The highest BCUT2D eigenvalue weighted by atomic mass is 32.1. The van der Waals surface area contributed by atoms with Crippen molar-refractivity contribution < 1.29 is 19.1 Å². The zero-order valence-corrected chi connectivity index (χ0v) is 17.9. The van der Waals surface area contributed by atoms with Crippen LogP contribution in [0.25, 0.3) is 0 Å². The summed E-state index contributed by atoms with van der Waals surface area (Å²) < 4.78 is 10.5. The molecule has 9 nitrogen and oxygen atoms in total.